The summed E-state index contributed by atoms with van der Waals surface area (Å²) >= 11 is 0. The molecule has 0 aliphatic rings. The quantitative estimate of drug-likeness (QED) is 0.851. The maximum atomic E-state index is 5.39. The maximum absolute atomic E-state index is 5.39. The topological polar surface area (TPSA) is 47.3 Å². The summed E-state index contributed by atoms with van der Waals surface area (Å²) in [6.07, 6.45) is 2.57. The number of aromatic nitrogens is 1. The van der Waals surface area contributed by atoms with E-state index in [-0.39, 0.29) is 6.04 Å². The van der Waals surface area contributed by atoms with Gasteiger partial charge in [-0.3, -0.25) is 0 Å². The Kier molecular flexibility index (Phi) is 4.36. The molecule has 1 atom stereocenters. The summed E-state index contributed by atoms with van der Waals surface area (Å²) in [7, 11) is 1.70. The zero-order chi connectivity index (χ0) is 12.8. The van der Waals surface area contributed by atoms with Crippen LogP contribution >= 0.6 is 0 Å². The monoisotopic (exact) mass is 246 g/mol. The molecule has 2 aromatic rings. The number of hydrogen-bond donors (Lipinski definition) is 1. The lowest BCUT2D eigenvalue weighted by Gasteiger charge is -2.19. The predicted octanol–water partition coefficient (Wildman–Crippen LogP) is 2.92. The second-order valence-corrected chi connectivity index (χ2v) is 4.07. The van der Waals surface area contributed by atoms with Gasteiger partial charge in [-0.1, -0.05) is 30.3 Å². The maximum Gasteiger partial charge on any atom is 0.124 e. The van der Waals surface area contributed by atoms with E-state index in [9.17, 15) is 0 Å². The molecule has 4 nitrogen and oxygen atoms in total. The Balaban J connectivity index is 2.08. The van der Waals surface area contributed by atoms with Crippen LogP contribution in [0.2, 0.25) is 0 Å². The van der Waals surface area contributed by atoms with Crippen LogP contribution in [0.3, 0.4) is 0 Å². The molecule has 4 heteroatoms. The Morgan fingerprint density at radius 2 is 2.17 bits per heavy atom. The second-order valence-electron chi connectivity index (χ2n) is 4.07. The Morgan fingerprint density at radius 1 is 1.33 bits per heavy atom. The summed E-state index contributed by atoms with van der Waals surface area (Å²) in [5.74, 6) is 0.914. The van der Waals surface area contributed by atoms with E-state index >= 15 is 0 Å². The van der Waals surface area contributed by atoms with Crippen molar-refractivity contribution in [1.29, 1.82) is 0 Å². The first-order chi connectivity index (χ1) is 8.85. The summed E-state index contributed by atoms with van der Waals surface area (Å²) in [5.41, 5.74) is 2.08. The Hall–Kier alpha value is -1.81. The van der Waals surface area contributed by atoms with Crippen molar-refractivity contribution in [3.8, 4) is 5.75 Å². The number of benzene rings is 1. The zero-order valence-corrected chi connectivity index (χ0v) is 10.7. The van der Waals surface area contributed by atoms with Gasteiger partial charge in [0.1, 0.15) is 12.0 Å². The molecule has 96 valence electrons. The minimum atomic E-state index is 0.248. The van der Waals surface area contributed by atoms with Gasteiger partial charge in [-0.2, -0.15) is 0 Å². The van der Waals surface area contributed by atoms with Crippen LogP contribution in [-0.2, 0) is 6.54 Å². The Labute approximate surface area is 107 Å². The minimum Gasteiger partial charge on any atom is -0.496 e. The standard InChI is InChI=1S/C14H18N2O2/c1-3-13(15-10-11-8-9-18-16-11)12-6-4-5-7-14(12)17-2/h4-9,13,15H,3,10H2,1-2H3. The number of hydrogen-bond acceptors (Lipinski definition) is 4. The largest absolute Gasteiger partial charge is 0.496 e. The molecule has 1 heterocycles. The highest BCUT2D eigenvalue weighted by molar-refractivity contribution is 5.35. The normalized spacial score (nSPS) is 12.3. The first-order valence-corrected chi connectivity index (χ1v) is 6.10. The van der Waals surface area contributed by atoms with Gasteiger partial charge in [-0.05, 0) is 12.5 Å². The van der Waals surface area contributed by atoms with Gasteiger partial charge in [0.15, 0.2) is 0 Å². The van der Waals surface area contributed by atoms with Crippen LogP contribution in [0.25, 0.3) is 0 Å². The van der Waals surface area contributed by atoms with E-state index in [1.807, 2.05) is 24.3 Å². The molecule has 0 bridgehead atoms. The molecular formula is C14H18N2O2. The average Bonchev–Trinajstić information content (AvgIpc) is 2.93. The van der Waals surface area contributed by atoms with Crippen LogP contribution in [0.4, 0.5) is 0 Å². The van der Waals surface area contributed by atoms with Crippen molar-refractivity contribution < 1.29 is 9.26 Å². The summed E-state index contributed by atoms with van der Waals surface area (Å²) in [6, 6.07) is 10.2. The van der Waals surface area contributed by atoms with E-state index < -0.39 is 0 Å². The van der Waals surface area contributed by atoms with Gasteiger partial charge in [-0.15, -0.1) is 0 Å². The molecule has 0 aliphatic heterocycles. The van der Waals surface area contributed by atoms with Gasteiger partial charge >= 0.3 is 0 Å². The second kappa shape index (κ2) is 6.21. The fourth-order valence-corrected chi connectivity index (χ4v) is 1.99. The van der Waals surface area contributed by atoms with Gasteiger partial charge in [0.05, 0.1) is 12.8 Å². The molecule has 1 aromatic heterocycles. The SMILES string of the molecule is CCC(NCc1ccon1)c1ccccc1OC. The van der Waals surface area contributed by atoms with Crippen LogP contribution in [0, 0.1) is 0 Å². The van der Waals surface area contributed by atoms with Crippen molar-refractivity contribution in [2.45, 2.75) is 25.9 Å². The fraction of sp³-hybridized carbons (Fsp3) is 0.357. The Bertz CT molecular complexity index is 468. The van der Waals surface area contributed by atoms with Gasteiger partial charge in [0.2, 0.25) is 0 Å². The van der Waals surface area contributed by atoms with Crippen molar-refractivity contribution in [2.24, 2.45) is 0 Å². The molecule has 1 unspecified atom stereocenters. The van der Waals surface area contributed by atoms with Crippen molar-refractivity contribution in [2.75, 3.05) is 7.11 Å². The minimum absolute atomic E-state index is 0.248. The van der Waals surface area contributed by atoms with Crippen LogP contribution < -0.4 is 10.1 Å². The van der Waals surface area contributed by atoms with E-state index in [2.05, 4.69) is 23.5 Å². The van der Waals surface area contributed by atoms with Crippen LogP contribution in [0.15, 0.2) is 41.1 Å². The lowest BCUT2D eigenvalue weighted by Crippen LogP contribution is -2.21. The molecule has 1 aromatic carbocycles. The van der Waals surface area contributed by atoms with E-state index in [1.54, 1.807) is 13.4 Å². The number of nitrogens with one attached hydrogen (secondary N) is 1. The molecule has 0 radical (unpaired) electrons. The van der Waals surface area contributed by atoms with Gasteiger partial charge < -0.3 is 14.6 Å². The highest BCUT2D eigenvalue weighted by Gasteiger charge is 2.13. The third-order valence-electron chi connectivity index (χ3n) is 2.94. The third kappa shape index (κ3) is 2.90. The first-order valence-electron chi connectivity index (χ1n) is 6.10. The van der Waals surface area contributed by atoms with Gasteiger partial charge in [0.25, 0.3) is 0 Å². The number of nitrogens with zero attached hydrogens (tertiary/aromatic N) is 1. The number of methoxy groups -OCH3 is 1. The van der Waals surface area contributed by atoms with E-state index in [0.29, 0.717) is 6.54 Å². The number of rotatable bonds is 6. The molecule has 1 N–H and O–H groups in total. The fourth-order valence-electron chi connectivity index (χ4n) is 1.99. The summed E-state index contributed by atoms with van der Waals surface area (Å²) in [6.45, 7) is 2.83. The van der Waals surface area contributed by atoms with E-state index in [0.717, 1.165) is 17.9 Å². The highest BCUT2D eigenvalue weighted by atomic mass is 16.5. The van der Waals surface area contributed by atoms with Gasteiger partial charge in [0, 0.05) is 24.2 Å². The molecule has 0 saturated heterocycles. The molecule has 0 fully saturated rings. The third-order valence-corrected chi connectivity index (χ3v) is 2.94. The molecule has 18 heavy (non-hydrogen) atoms. The number of ether oxygens (including phenoxy) is 1. The van der Waals surface area contributed by atoms with Crippen molar-refractivity contribution in [1.82, 2.24) is 10.5 Å². The number of para-hydroxylation sites is 1. The van der Waals surface area contributed by atoms with Crippen LogP contribution in [-0.4, -0.2) is 12.3 Å². The predicted molar refractivity (Wildman–Crippen MR) is 69.4 cm³/mol. The van der Waals surface area contributed by atoms with Crippen molar-refractivity contribution in [3.05, 3.63) is 47.9 Å². The van der Waals surface area contributed by atoms with Gasteiger partial charge in [-0.25, -0.2) is 0 Å². The summed E-state index contributed by atoms with van der Waals surface area (Å²) < 4.78 is 10.2. The van der Waals surface area contributed by atoms with Crippen LogP contribution in [0.1, 0.15) is 30.6 Å². The molecular weight excluding hydrogens is 228 g/mol. The first kappa shape index (κ1) is 12.6. The molecule has 0 spiro atoms. The highest BCUT2D eigenvalue weighted by Crippen LogP contribution is 2.26. The van der Waals surface area contributed by atoms with Crippen LogP contribution in [0.5, 0.6) is 5.75 Å². The van der Waals surface area contributed by atoms with Crippen molar-refractivity contribution >= 4 is 0 Å². The zero-order valence-electron chi connectivity index (χ0n) is 10.7. The van der Waals surface area contributed by atoms with E-state index in [1.165, 1.54) is 5.56 Å². The smallest absolute Gasteiger partial charge is 0.124 e. The van der Waals surface area contributed by atoms with Crippen molar-refractivity contribution in [3.63, 3.8) is 0 Å². The molecule has 2 rings (SSSR count). The summed E-state index contributed by atoms with van der Waals surface area (Å²) in [5, 5.41) is 7.35. The Morgan fingerprint density at radius 3 is 2.83 bits per heavy atom. The molecule has 0 saturated carbocycles. The lowest BCUT2D eigenvalue weighted by molar-refractivity contribution is 0.389. The molecule has 0 amide bonds. The molecule has 0 aliphatic carbocycles. The summed E-state index contributed by atoms with van der Waals surface area (Å²) in [4.78, 5) is 0. The van der Waals surface area contributed by atoms with E-state index in [4.69, 9.17) is 9.26 Å². The average molecular weight is 246 g/mol. The lowest BCUT2D eigenvalue weighted by atomic mass is 10.0.